The van der Waals surface area contributed by atoms with Crippen LogP contribution in [0.2, 0.25) is 0 Å². The summed E-state index contributed by atoms with van der Waals surface area (Å²) in [5, 5.41) is 0.678. The first kappa shape index (κ1) is 35.0. The molecule has 0 spiro atoms. The third-order valence-corrected chi connectivity index (χ3v) is 14.8. The molecule has 6 fully saturated rings. The number of hydrogen-bond acceptors (Lipinski definition) is 5. The van der Waals surface area contributed by atoms with Crippen molar-refractivity contribution >= 4 is 23.5 Å². The van der Waals surface area contributed by atoms with E-state index in [1.165, 1.54) is 82.8 Å². The van der Waals surface area contributed by atoms with Gasteiger partial charge in [0.1, 0.15) is 6.54 Å². The van der Waals surface area contributed by atoms with Crippen LogP contribution in [0.15, 0.2) is 23.9 Å². The molecule has 270 valence electrons. The fourth-order valence-corrected chi connectivity index (χ4v) is 12.9. The molecule has 0 aromatic heterocycles. The molecule has 4 aliphatic carbocycles. The van der Waals surface area contributed by atoms with E-state index in [9.17, 15) is 14.4 Å². The number of carbonyl (C=O) groups excluding carboxylic acids is 3. The van der Waals surface area contributed by atoms with Gasteiger partial charge in [0.05, 0.1) is 5.41 Å². The monoisotopic (exact) mass is 674 g/mol. The summed E-state index contributed by atoms with van der Waals surface area (Å²) in [5.74, 6) is 3.60. The van der Waals surface area contributed by atoms with Crippen LogP contribution in [0.1, 0.15) is 144 Å². The van der Waals surface area contributed by atoms with Crippen LogP contribution in [0.3, 0.4) is 0 Å². The number of imide groups is 1. The standard InChI is InChI=1S/C42H64N3O4/c1-6-43-32-23-21-28-14-7-9-16-30(28)39(32)41(2,3)34(43)18-13-19-35-42(4,5)40-31-17-10-8-15-29(31)22-24-33(40)44(35)27-12-11-20-38(48)49-45-36(46)25-26-37(45)47/h13,18-19,28-33,39-40H,6-12,14-17,20-27H2,1-5H3/q+1. The number of allylic oxidation sites excluding steroid dienone is 4. The molecule has 8 atom stereocenters. The van der Waals surface area contributed by atoms with Crippen molar-refractivity contribution in [2.24, 2.45) is 46.3 Å². The van der Waals surface area contributed by atoms with E-state index < -0.39 is 17.8 Å². The highest BCUT2D eigenvalue weighted by Gasteiger charge is 2.60. The number of likely N-dealkylation sites (tertiary alicyclic amines) is 1. The van der Waals surface area contributed by atoms with Crippen molar-refractivity contribution in [2.75, 3.05) is 13.1 Å². The fourth-order valence-electron chi connectivity index (χ4n) is 12.9. The van der Waals surface area contributed by atoms with Crippen molar-refractivity contribution < 1.29 is 23.8 Å². The average Bonchev–Trinajstić information content (AvgIpc) is 3.61. The highest BCUT2D eigenvalue weighted by Crippen LogP contribution is 2.59. The Bertz CT molecular complexity index is 1380. The Hall–Kier alpha value is -2.44. The van der Waals surface area contributed by atoms with Crippen molar-refractivity contribution in [1.29, 1.82) is 0 Å². The smallest absolute Gasteiger partial charge is 0.333 e. The van der Waals surface area contributed by atoms with Crippen molar-refractivity contribution in [3.63, 3.8) is 0 Å². The second-order valence-corrected chi connectivity index (χ2v) is 18.0. The van der Waals surface area contributed by atoms with Crippen molar-refractivity contribution in [2.45, 2.75) is 156 Å². The van der Waals surface area contributed by atoms with Gasteiger partial charge in [-0.15, -0.1) is 5.06 Å². The van der Waals surface area contributed by atoms with Crippen molar-refractivity contribution in [3.8, 4) is 0 Å². The van der Waals surface area contributed by atoms with Gasteiger partial charge in [-0.3, -0.25) is 9.59 Å². The van der Waals surface area contributed by atoms with Gasteiger partial charge in [0, 0.05) is 67.8 Å². The molecule has 0 aromatic rings. The maximum absolute atomic E-state index is 12.6. The summed E-state index contributed by atoms with van der Waals surface area (Å²) in [5.41, 5.74) is 3.30. The number of fused-ring (bicyclic) bond motifs is 6. The van der Waals surface area contributed by atoms with Crippen molar-refractivity contribution in [3.05, 3.63) is 23.9 Å². The van der Waals surface area contributed by atoms with E-state index in [1.54, 1.807) is 5.70 Å². The fraction of sp³-hybridized carbons (Fsp3) is 0.810. The Labute approximate surface area is 295 Å². The average molecular weight is 675 g/mol. The molecule has 7 nitrogen and oxygen atoms in total. The molecular formula is C42H64N3O4+. The zero-order valence-electron chi connectivity index (χ0n) is 31.3. The molecule has 7 heteroatoms. The first-order chi connectivity index (χ1) is 23.5. The summed E-state index contributed by atoms with van der Waals surface area (Å²) in [6.45, 7) is 14.5. The number of amides is 2. The minimum Gasteiger partial charge on any atom is -0.371 e. The lowest BCUT2D eigenvalue weighted by Gasteiger charge is -2.47. The molecule has 0 N–H and O–H groups in total. The lowest BCUT2D eigenvalue weighted by Crippen LogP contribution is -2.46. The minimum atomic E-state index is -0.485. The van der Waals surface area contributed by atoms with Crippen molar-refractivity contribution in [1.82, 2.24) is 9.96 Å². The highest BCUT2D eigenvalue weighted by atomic mass is 16.7. The number of nitrogens with zero attached hydrogens (tertiary/aromatic N) is 3. The third-order valence-electron chi connectivity index (χ3n) is 14.8. The minimum absolute atomic E-state index is 0.0920. The lowest BCUT2D eigenvalue weighted by molar-refractivity contribution is -0.569. The van der Waals surface area contributed by atoms with Crippen LogP contribution < -0.4 is 0 Å². The van der Waals surface area contributed by atoms with Gasteiger partial charge in [-0.05, 0) is 95.0 Å². The van der Waals surface area contributed by atoms with E-state index in [0.717, 1.165) is 49.1 Å². The van der Waals surface area contributed by atoms with Crippen LogP contribution in [0.25, 0.3) is 0 Å². The zero-order chi connectivity index (χ0) is 34.5. The molecule has 3 heterocycles. The van der Waals surface area contributed by atoms with Crippen LogP contribution >= 0.6 is 0 Å². The van der Waals surface area contributed by atoms with Gasteiger partial charge < -0.3 is 9.74 Å². The van der Waals surface area contributed by atoms with Gasteiger partial charge in [-0.1, -0.05) is 58.4 Å². The lowest BCUT2D eigenvalue weighted by atomic mass is 9.57. The van der Waals surface area contributed by atoms with Crippen LogP contribution in [0.4, 0.5) is 0 Å². The Morgan fingerprint density at radius 2 is 1.45 bits per heavy atom. The maximum Gasteiger partial charge on any atom is 0.333 e. The molecule has 2 saturated heterocycles. The zero-order valence-corrected chi connectivity index (χ0v) is 31.3. The molecule has 49 heavy (non-hydrogen) atoms. The third kappa shape index (κ3) is 6.26. The predicted octanol–water partition coefficient (Wildman–Crippen LogP) is 8.23. The van der Waals surface area contributed by atoms with Crippen LogP contribution in [0.5, 0.6) is 0 Å². The summed E-state index contributed by atoms with van der Waals surface area (Å²) in [6, 6.07) is 1.24. The normalized spacial score (nSPS) is 37.4. The molecule has 7 rings (SSSR count). The number of rotatable bonds is 9. The number of unbranched alkanes of at least 4 members (excludes halogenated alkanes) is 1. The van der Waals surface area contributed by atoms with Crippen LogP contribution in [-0.4, -0.2) is 63.2 Å². The first-order valence-electron chi connectivity index (χ1n) is 20.4. The van der Waals surface area contributed by atoms with Gasteiger partial charge in [0.2, 0.25) is 0 Å². The van der Waals surface area contributed by atoms with E-state index in [-0.39, 0.29) is 30.1 Å². The summed E-state index contributed by atoms with van der Waals surface area (Å²) in [6.07, 6.45) is 26.1. The quantitative estimate of drug-likeness (QED) is 0.140. The SMILES string of the molecule is CCN1/C(=C\C=C\C2=[N+](CCCCC(=O)ON3C(=O)CCC3=O)C3CCC4CCCCC4C3C2(C)C)C(C)(C)C2C3CCCCC3CCC21. The van der Waals surface area contributed by atoms with E-state index >= 15 is 0 Å². The van der Waals surface area contributed by atoms with Gasteiger partial charge in [-0.25, -0.2) is 9.37 Å². The summed E-state index contributed by atoms with van der Waals surface area (Å²) in [7, 11) is 0. The molecular weight excluding hydrogens is 610 g/mol. The first-order valence-corrected chi connectivity index (χ1v) is 20.4. The topological polar surface area (TPSA) is 69.9 Å². The van der Waals surface area contributed by atoms with E-state index in [1.807, 2.05) is 0 Å². The summed E-state index contributed by atoms with van der Waals surface area (Å²) < 4.78 is 2.74. The van der Waals surface area contributed by atoms with Gasteiger partial charge in [0.25, 0.3) is 11.8 Å². The van der Waals surface area contributed by atoms with Gasteiger partial charge in [0.15, 0.2) is 11.8 Å². The molecule has 0 aromatic carbocycles. The maximum atomic E-state index is 12.6. The van der Waals surface area contributed by atoms with E-state index in [4.69, 9.17) is 4.84 Å². The molecule has 7 aliphatic rings. The van der Waals surface area contributed by atoms with Crippen LogP contribution in [0, 0.1) is 46.3 Å². The Morgan fingerprint density at radius 3 is 2.12 bits per heavy atom. The highest BCUT2D eigenvalue weighted by molar-refractivity contribution is 6.01. The number of hydroxylamine groups is 2. The summed E-state index contributed by atoms with van der Waals surface area (Å²) in [4.78, 5) is 44.4. The van der Waals surface area contributed by atoms with E-state index in [2.05, 4.69) is 62.3 Å². The van der Waals surface area contributed by atoms with E-state index in [0.29, 0.717) is 29.5 Å². The number of hydrogen-bond donors (Lipinski definition) is 0. The van der Waals surface area contributed by atoms with Gasteiger partial charge >= 0.3 is 5.97 Å². The molecule has 0 bridgehead atoms. The Balaban J connectivity index is 1.12. The summed E-state index contributed by atoms with van der Waals surface area (Å²) >= 11 is 0. The predicted molar refractivity (Wildman–Crippen MR) is 192 cm³/mol. The largest absolute Gasteiger partial charge is 0.371 e. The Morgan fingerprint density at radius 1 is 0.816 bits per heavy atom. The molecule has 8 unspecified atom stereocenters. The molecule has 4 saturated carbocycles. The molecule has 2 amide bonds. The second-order valence-electron chi connectivity index (χ2n) is 18.0. The Kier molecular flexibility index (Phi) is 9.95. The molecule has 0 radical (unpaired) electrons. The number of carbonyl (C=O) groups is 3. The molecule has 3 aliphatic heterocycles. The van der Waals surface area contributed by atoms with Crippen LogP contribution in [-0.2, 0) is 19.2 Å². The second kappa shape index (κ2) is 13.9. The van der Waals surface area contributed by atoms with Gasteiger partial charge in [-0.2, -0.15) is 0 Å².